The van der Waals surface area contributed by atoms with Crippen molar-refractivity contribution in [2.24, 2.45) is 0 Å². The molecule has 2 aliphatic heterocycles. The van der Waals surface area contributed by atoms with Crippen LogP contribution < -0.4 is 15.5 Å². The molecule has 0 saturated carbocycles. The van der Waals surface area contributed by atoms with Gasteiger partial charge in [-0.1, -0.05) is 12.1 Å². The van der Waals surface area contributed by atoms with Crippen molar-refractivity contribution < 1.29 is 4.79 Å². The smallest absolute Gasteiger partial charge is 0.217 e. The molecule has 2 heterocycles. The van der Waals surface area contributed by atoms with Crippen LogP contribution in [0.5, 0.6) is 0 Å². The number of hydrogen-bond acceptors (Lipinski definition) is 3. The fourth-order valence-electron chi connectivity index (χ4n) is 3.28. The molecule has 108 valence electrons. The molecule has 4 nitrogen and oxygen atoms in total. The Kier molecular flexibility index (Phi) is 3.92. The summed E-state index contributed by atoms with van der Waals surface area (Å²) in [6, 6.07) is 7.31. The summed E-state index contributed by atoms with van der Waals surface area (Å²) in [6.45, 7) is 5.59. The van der Waals surface area contributed by atoms with Crippen LogP contribution in [0, 0.1) is 0 Å². The van der Waals surface area contributed by atoms with Crippen LogP contribution >= 0.6 is 0 Å². The first-order valence-corrected chi connectivity index (χ1v) is 7.57. The summed E-state index contributed by atoms with van der Waals surface area (Å²) < 4.78 is 0. The summed E-state index contributed by atoms with van der Waals surface area (Å²) in [7, 11) is 0. The Morgan fingerprint density at radius 2 is 2.20 bits per heavy atom. The second-order valence-corrected chi connectivity index (χ2v) is 5.80. The minimum atomic E-state index is 0.0284. The highest BCUT2D eigenvalue weighted by Crippen LogP contribution is 2.32. The largest absolute Gasteiger partial charge is 0.368 e. The van der Waals surface area contributed by atoms with Gasteiger partial charge in [-0.25, -0.2) is 0 Å². The summed E-state index contributed by atoms with van der Waals surface area (Å²) in [5.41, 5.74) is 4.04. The summed E-state index contributed by atoms with van der Waals surface area (Å²) >= 11 is 0. The maximum atomic E-state index is 11.0. The number of nitrogens with one attached hydrogen (secondary N) is 2. The topological polar surface area (TPSA) is 44.4 Å². The second kappa shape index (κ2) is 5.83. The minimum absolute atomic E-state index is 0.0284. The van der Waals surface area contributed by atoms with E-state index in [0.717, 1.165) is 26.1 Å². The Balaban J connectivity index is 1.76. The van der Waals surface area contributed by atoms with Crippen molar-refractivity contribution in [3.63, 3.8) is 0 Å². The van der Waals surface area contributed by atoms with Crippen molar-refractivity contribution in [3.05, 3.63) is 29.3 Å². The second-order valence-electron chi connectivity index (χ2n) is 5.80. The number of fused-ring (bicyclic) bond motifs is 1. The summed E-state index contributed by atoms with van der Waals surface area (Å²) in [4.78, 5) is 13.6. The van der Waals surface area contributed by atoms with E-state index in [9.17, 15) is 4.79 Å². The van der Waals surface area contributed by atoms with E-state index < -0.39 is 0 Å². The Hall–Kier alpha value is -1.55. The summed E-state index contributed by atoms with van der Waals surface area (Å²) in [6.07, 6.45) is 3.62. The van der Waals surface area contributed by atoms with Gasteiger partial charge in [0.1, 0.15) is 0 Å². The zero-order chi connectivity index (χ0) is 13.9. The van der Waals surface area contributed by atoms with Crippen LogP contribution in [0.4, 0.5) is 5.69 Å². The number of benzene rings is 1. The zero-order valence-electron chi connectivity index (χ0n) is 12.1. The number of carbonyl (C=O) groups excluding carboxylic acids is 1. The van der Waals surface area contributed by atoms with Gasteiger partial charge in [-0.3, -0.25) is 4.79 Å². The van der Waals surface area contributed by atoms with Gasteiger partial charge in [0.15, 0.2) is 0 Å². The lowest BCUT2D eigenvalue weighted by Crippen LogP contribution is -2.42. The lowest BCUT2D eigenvalue weighted by atomic mass is 10.0. The van der Waals surface area contributed by atoms with Gasteiger partial charge in [0.25, 0.3) is 0 Å². The van der Waals surface area contributed by atoms with Gasteiger partial charge in [0, 0.05) is 31.7 Å². The van der Waals surface area contributed by atoms with Crippen LogP contribution in [-0.4, -0.2) is 31.6 Å². The number of anilines is 1. The molecule has 0 radical (unpaired) electrons. The summed E-state index contributed by atoms with van der Waals surface area (Å²) in [5, 5.41) is 6.31. The van der Waals surface area contributed by atoms with Crippen molar-refractivity contribution >= 4 is 11.6 Å². The first-order chi connectivity index (χ1) is 9.74. The molecule has 1 amide bonds. The van der Waals surface area contributed by atoms with Gasteiger partial charge >= 0.3 is 0 Å². The van der Waals surface area contributed by atoms with Crippen molar-refractivity contribution in [2.75, 3.05) is 24.5 Å². The van der Waals surface area contributed by atoms with Crippen LogP contribution in [0.1, 0.15) is 30.9 Å². The molecule has 1 fully saturated rings. The average Bonchev–Trinajstić information content (AvgIpc) is 2.89. The molecule has 4 heteroatoms. The van der Waals surface area contributed by atoms with Crippen molar-refractivity contribution in [1.82, 2.24) is 10.6 Å². The maximum Gasteiger partial charge on any atom is 0.217 e. The quantitative estimate of drug-likeness (QED) is 0.876. The van der Waals surface area contributed by atoms with Gasteiger partial charge in [-0.15, -0.1) is 0 Å². The molecule has 0 atom stereocenters. The molecule has 1 aromatic rings. The third-order valence-corrected chi connectivity index (χ3v) is 4.37. The van der Waals surface area contributed by atoms with Gasteiger partial charge in [0.2, 0.25) is 5.91 Å². The van der Waals surface area contributed by atoms with Crippen molar-refractivity contribution in [3.8, 4) is 0 Å². The molecule has 0 unspecified atom stereocenters. The number of nitrogens with zero attached hydrogens (tertiary/aromatic N) is 1. The monoisotopic (exact) mass is 273 g/mol. The van der Waals surface area contributed by atoms with Crippen LogP contribution in [0.2, 0.25) is 0 Å². The van der Waals surface area contributed by atoms with Gasteiger partial charge < -0.3 is 15.5 Å². The third-order valence-electron chi connectivity index (χ3n) is 4.37. The molecule has 3 rings (SSSR count). The average molecular weight is 273 g/mol. The van der Waals surface area contributed by atoms with E-state index in [-0.39, 0.29) is 5.91 Å². The van der Waals surface area contributed by atoms with E-state index in [4.69, 9.17) is 0 Å². The minimum Gasteiger partial charge on any atom is -0.368 e. The molecule has 0 spiro atoms. The van der Waals surface area contributed by atoms with E-state index in [1.54, 1.807) is 6.92 Å². The van der Waals surface area contributed by atoms with E-state index in [1.807, 2.05) is 0 Å². The fraction of sp³-hybridized carbons (Fsp3) is 0.562. The van der Waals surface area contributed by atoms with E-state index >= 15 is 0 Å². The molecular weight excluding hydrogens is 250 g/mol. The molecular formula is C16H23N3O. The molecule has 2 N–H and O–H groups in total. The van der Waals surface area contributed by atoms with Crippen LogP contribution in [0.15, 0.2) is 18.2 Å². The Bertz CT molecular complexity index is 494. The highest BCUT2D eigenvalue weighted by molar-refractivity contribution is 5.73. The van der Waals surface area contributed by atoms with Gasteiger partial charge in [-0.05, 0) is 49.5 Å². The standard InChI is InChI=1S/C16H23N3O/c1-12(20)18-11-13-2-3-14-6-9-19(16(14)10-13)15-4-7-17-8-5-15/h2-3,10,15,17H,4-9,11H2,1H3,(H,18,20). The number of rotatable bonds is 3. The van der Waals surface area contributed by atoms with Crippen LogP contribution in [0.3, 0.4) is 0 Å². The predicted octanol–water partition coefficient (Wildman–Crippen LogP) is 1.44. The third kappa shape index (κ3) is 2.80. The molecule has 2 aliphatic rings. The number of carbonyl (C=O) groups is 1. The summed E-state index contributed by atoms with van der Waals surface area (Å²) in [5.74, 6) is 0.0284. The molecule has 0 aromatic heterocycles. The zero-order valence-corrected chi connectivity index (χ0v) is 12.1. The van der Waals surface area contributed by atoms with E-state index in [1.165, 1.54) is 29.7 Å². The van der Waals surface area contributed by atoms with Gasteiger partial charge in [-0.2, -0.15) is 0 Å². The maximum absolute atomic E-state index is 11.0. The SMILES string of the molecule is CC(=O)NCc1ccc2c(c1)N(C1CCNCC1)CC2. The van der Waals surface area contributed by atoms with Crippen molar-refractivity contribution in [2.45, 2.75) is 38.8 Å². The fourth-order valence-corrected chi connectivity index (χ4v) is 3.28. The van der Waals surface area contributed by atoms with Gasteiger partial charge in [0.05, 0.1) is 0 Å². The normalized spacial score (nSPS) is 18.9. The Morgan fingerprint density at radius 3 is 2.95 bits per heavy atom. The molecule has 0 bridgehead atoms. The first kappa shape index (κ1) is 13.4. The highest BCUT2D eigenvalue weighted by atomic mass is 16.1. The number of hydrogen-bond donors (Lipinski definition) is 2. The first-order valence-electron chi connectivity index (χ1n) is 7.57. The molecule has 0 aliphatic carbocycles. The van der Waals surface area contributed by atoms with E-state index in [2.05, 4.69) is 33.7 Å². The Labute approximate surface area is 120 Å². The van der Waals surface area contributed by atoms with Crippen LogP contribution in [-0.2, 0) is 17.8 Å². The number of amides is 1. The predicted molar refractivity (Wildman–Crippen MR) is 80.9 cm³/mol. The lowest BCUT2D eigenvalue weighted by molar-refractivity contribution is -0.119. The molecule has 20 heavy (non-hydrogen) atoms. The number of piperidine rings is 1. The van der Waals surface area contributed by atoms with E-state index in [0.29, 0.717) is 12.6 Å². The molecule has 1 saturated heterocycles. The van der Waals surface area contributed by atoms with Crippen molar-refractivity contribution in [1.29, 1.82) is 0 Å². The Morgan fingerprint density at radius 1 is 1.40 bits per heavy atom. The lowest BCUT2D eigenvalue weighted by Gasteiger charge is -2.33. The highest BCUT2D eigenvalue weighted by Gasteiger charge is 2.27. The molecule has 1 aromatic carbocycles. The van der Waals surface area contributed by atoms with Crippen LogP contribution in [0.25, 0.3) is 0 Å².